The topological polar surface area (TPSA) is 121 Å². The van der Waals surface area contributed by atoms with E-state index in [9.17, 15) is 9.59 Å². The van der Waals surface area contributed by atoms with Gasteiger partial charge in [0.1, 0.15) is 5.69 Å². The van der Waals surface area contributed by atoms with Gasteiger partial charge in [-0.15, -0.1) is 10.2 Å². The molecule has 0 fully saturated rings. The molecule has 10 heteroatoms. The van der Waals surface area contributed by atoms with Crippen molar-refractivity contribution in [2.45, 2.75) is 24.3 Å². The van der Waals surface area contributed by atoms with Gasteiger partial charge < -0.3 is 20.6 Å². The number of fused-ring (bicyclic) bond motifs is 1. The highest BCUT2D eigenvalue weighted by Gasteiger charge is 2.20. The average Bonchev–Trinajstić information content (AvgIpc) is 3.03. The van der Waals surface area contributed by atoms with Crippen molar-refractivity contribution < 1.29 is 14.3 Å². The van der Waals surface area contributed by atoms with Crippen molar-refractivity contribution >= 4 is 23.4 Å². The number of thioether (sulfide) groups is 1. The summed E-state index contributed by atoms with van der Waals surface area (Å²) < 4.78 is 11.4. The molecule has 126 valence electrons. The summed E-state index contributed by atoms with van der Waals surface area (Å²) in [5.41, 5.74) is 0.326. The van der Waals surface area contributed by atoms with Crippen LogP contribution in [0.25, 0.3) is 0 Å². The smallest absolute Gasteiger partial charge is 0.294 e. The number of anilines is 1. The first kappa shape index (κ1) is 16.1. The zero-order valence-corrected chi connectivity index (χ0v) is 13.8. The molecule has 2 heterocycles. The van der Waals surface area contributed by atoms with Crippen LogP contribution in [0.4, 0.5) is 5.69 Å². The first-order valence-corrected chi connectivity index (χ1v) is 7.92. The summed E-state index contributed by atoms with van der Waals surface area (Å²) in [6.45, 7) is 3.36. The summed E-state index contributed by atoms with van der Waals surface area (Å²) in [5, 5.41) is 9.97. The van der Waals surface area contributed by atoms with Gasteiger partial charge in [-0.25, -0.2) is 0 Å². The Morgan fingerprint density at radius 2 is 2.12 bits per heavy atom. The van der Waals surface area contributed by atoms with E-state index in [4.69, 9.17) is 15.3 Å². The van der Waals surface area contributed by atoms with E-state index in [1.54, 1.807) is 25.1 Å². The van der Waals surface area contributed by atoms with E-state index in [-0.39, 0.29) is 23.6 Å². The van der Waals surface area contributed by atoms with Crippen LogP contribution in [-0.2, 0) is 4.79 Å². The Bertz CT molecular complexity index is 854. The molecule has 1 amide bonds. The molecule has 0 radical (unpaired) electrons. The lowest BCUT2D eigenvalue weighted by atomic mass is 10.2. The predicted octanol–water partition coefficient (Wildman–Crippen LogP) is 0.509. The van der Waals surface area contributed by atoms with E-state index in [1.165, 1.54) is 6.92 Å². The summed E-state index contributed by atoms with van der Waals surface area (Å²) in [6.07, 6.45) is 0. The van der Waals surface area contributed by atoms with Crippen LogP contribution in [0.5, 0.6) is 11.5 Å². The number of nitrogens with one attached hydrogen (secondary N) is 1. The third kappa shape index (κ3) is 3.13. The molecule has 1 aromatic heterocycles. The lowest BCUT2D eigenvalue weighted by Gasteiger charge is -2.13. The average molecular weight is 349 g/mol. The zero-order valence-electron chi connectivity index (χ0n) is 13.0. The molecule has 9 nitrogen and oxygen atoms in total. The number of aryl methyl sites for hydroxylation is 1. The van der Waals surface area contributed by atoms with Crippen molar-refractivity contribution in [2.24, 2.45) is 0 Å². The van der Waals surface area contributed by atoms with Crippen LogP contribution in [0.3, 0.4) is 0 Å². The first-order valence-electron chi connectivity index (χ1n) is 7.04. The minimum atomic E-state index is -0.540. The van der Waals surface area contributed by atoms with Crippen LogP contribution in [0.2, 0.25) is 0 Å². The van der Waals surface area contributed by atoms with Crippen molar-refractivity contribution in [3.05, 3.63) is 34.2 Å². The van der Waals surface area contributed by atoms with Crippen LogP contribution < -0.4 is 26.2 Å². The number of amides is 1. The fourth-order valence-electron chi connectivity index (χ4n) is 1.98. The molecule has 2 aromatic rings. The zero-order chi connectivity index (χ0) is 17.3. The number of nitrogens with two attached hydrogens (primary N) is 1. The Morgan fingerprint density at radius 1 is 1.38 bits per heavy atom. The second-order valence-corrected chi connectivity index (χ2v) is 6.37. The van der Waals surface area contributed by atoms with E-state index in [2.05, 4.69) is 15.5 Å². The fraction of sp³-hybridized carbons (Fsp3) is 0.286. The van der Waals surface area contributed by atoms with Crippen molar-refractivity contribution in [2.75, 3.05) is 18.0 Å². The Hall–Kier alpha value is -2.75. The number of aromatic nitrogens is 3. The van der Waals surface area contributed by atoms with Gasteiger partial charge in [0.15, 0.2) is 11.5 Å². The molecular formula is C14H15N5O4S. The Labute approximate surface area is 141 Å². The fourth-order valence-corrected chi connectivity index (χ4v) is 2.75. The van der Waals surface area contributed by atoms with E-state index in [0.29, 0.717) is 17.2 Å². The van der Waals surface area contributed by atoms with Gasteiger partial charge in [0.05, 0.1) is 5.25 Å². The van der Waals surface area contributed by atoms with E-state index >= 15 is 0 Å². The molecule has 1 aliphatic heterocycles. The second-order valence-electron chi connectivity index (χ2n) is 5.06. The molecule has 1 aliphatic rings. The minimum Gasteiger partial charge on any atom is -0.454 e. The predicted molar refractivity (Wildman–Crippen MR) is 87.7 cm³/mol. The van der Waals surface area contributed by atoms with Gasteiger partial charge in [0, 0.05) is 11.8 Å². The van der Waals surface area contributed by atoms with E-state index in [1.807, 2.05) is 0 Å². The number of benzene rings is 1. The van der Waals surface area contributed by atoms with E-state index < -0.39 is 10.8 Å². The van der Waals surface area contributed by atoms with Gasteiger partial charge >= 0.3 is 0 Å². The molecule has 1 atom stereocenters. The summed E-state index contributed by atoms with van der Waals surface area (Å²) in [5.74, 6) is 6.61. The summed E-state index contributed by atoms with van der Waals surface area (Å²) in [4.78, 5) is 24.0. The maximum atomic E-state index is 12.3. The lowest BCUT2D eigenvalue weighted by Crippen LogP contribution is -2.33. The Morgan fingerprint density at radius 3 is 2.92 bits per heavy atom. The number of nitrogen functional groups attached to an aromatic ring is 1. The van der Waals surface area contributed by atoms with Crippen LogP contribution in [0.1, 0.15) is 12.6 Å². The largest absolute Gasteiger partial charge is 0.454 e. The van der Waals surface area contributed by atoms with Gasteiger partial charge in [-0.3, -0.25) is 9.59 Å². The van der Waals surface area contributed by atoms with Gasteiger partial charge in [-0.2, -0.15) is 4.68 Å². The Balaban J connectivity index is 1.69. The third-order valence-electron chi connectivity index (χ3n) is 3.31. The van der Waals surface area contributed by atoms with Gasteiger partial charge in [0.25, 0.3) is 5.56 Å². The molecule has 0 saturated carbocycles. The SMILES string of the molecule is Cc1nnc(S[C@H](C)C(=O)Nc2ccc3c(c2)OCO3)n(N)c1=O. The van der Waals surface area contributed by atoms with Gasteiger partial charge in [-0.05, 0) is 26.0 Å². The molecule has 0 saturated heterocycles. The Kier molecular flexibility index (Phi) is 4.30. The molecule has 1 aromatic carbocycles. The number of hydrogen-bond acceptors (Lipinski definition) is 8. The van der Waals surface area contributed by atoms with Crippen molar-refractivity contribution in [1.82, 2.24) is 14.9 Å². The quantitative estimate of drug-likeness (QED) is 0.605. The van der Waals surface area contributed by atoms with Crippen LogP contribution in [0, 0.1) is 6.92 Å². The monoisotopic (exact) mass is 349 g/mol. The standard InChI is InChI=1S/C14H15N5O4S/c1-7-13(21)19(15)14(18-17-7)24-8(2)12(20)16-9-3-4-10-11(5-9)23-6-22-10/h3-5,8H,6,15H2,1-2H3,(H,16,20)/t8-/m1/s1. The van der Waals surface area contributed by atoms with Crippen LogP contribution in [-0.4, -0.2) is 32.8 Å². The minimum absolute atomic E-state index is 0.166. The molecule has 24 heavy (non-hydrogen) atoms. The van der Waals surface area contributed by atoms with Crippen LogP contribution >= 0.6 is 11.8 Å². The number of ether oxygens (including phenoxy) is 2. The van der Waals surface area contributed by atoms with Crippen molar-refractivity contribution in [3.63, 3.8) is 0 Å². The normalized spacial score (nSPS) is 13.6. The van der Waals surface area contributed by atoms with E-state index in [0.717, 1.165) is 16.4 Å². The highest BCUT2D eigenvalue weighted by Crippen LogP contribution is 2.34. The molecule has 0 unspecified atom stereocenters. The first-order chi connectivity index (χ1) is 11.5. The highest BCUT2D eigenvalue weighted by atomic mass is 32.2. The molecule has 3 N–H and O–H groups in total. The van der Waals surface area contributed by atoms with Crippen LogP contribution in [0.15, 0.2) is 28.2 Å². The number of nitrogens with zero attached hydrogens (tertiary/aromatic N) is 3. The number of hydrogen-bond donors (Lipinski definition) is 2. The van der Waals surface area contributed by atoms with Gasteiger partial charge in [-0.1, -0.05) is 11.8 Å². The number of rotatable bonds is 4. The third-order valence-corrected chi connectivity index (χ3v) is 4.37. The molecule has 3 rings (SSSR count). The van der Waals surface area contributed by atoms with Crippen molar-refractivity contribution in [3.8, 4) is 11.5 Å². The molecule has 0 spiro atoms. The van der Waals surface area contributed by atoms with Gasteiger partial charge in [0.2, 0.25) is 17.9 Å². The summed E-state index contributed by atoms with van der Waals surface area (Å²) in [6, 6.07) is 5.12. The maximum Gasteiger partial charge on any atom is 0.294 e. The molecular weight excluding hydrogens is 334 g/mol. The second kappa shape index (κ2) is 6.40. The number of carbonyl (C=O) groups is 1. The summed E-state index contributed by atoms with van der Waals surface area (Å²) in [7, 11) is 0. The molecule has 0 aliphatic carbocycles. The van der Waals surface area contributed by atoms with Crippen molar-refractivity contribution in [1.29, 1.82) is 0 Å². The molecule has 0 bridgehead atoms. The lowest BCUT2D eigenvalue weighted by molar-refractivity contribution is -0.115. The highest BCUT2D eigenvalue weighted by molar-refractivity contribution is 8.00. The maximum absolute atomic E-state index is 12.3. The number of carbonyl (C=O) groups excluding carboxylic acids is 1. The summed E-state index contributed by atoms with van der Waals surface area (Å²) >= 11 is 1.04.